The number of rotatable bonds is 3. The molecule has 1 fully saturated rings. The van der Waals surface area contributed by atoms with Crippen LogP contribution in [0.4, 0.5) is 0 Å². The summed E-state index contributed by atoms with van der Waals surface area (Å²) in [5, 5.41) is 0. The van der Waals surface area contributed by atoms with E-state index in [4.69, 9.17) is 9.47 Å². The Labute approximate surface area is 84.5 Å². The van der Waals surface area contributed by atoms with Crippen molar-refractivity contribution in [3.8, 4) is 0 Å². The third kappa shape index (κ3) is 2.91. The monoisotopic (exact) mass is 224 g/mol. The maximum atomic E-state index is 11.2. The van der Waals surface area contributed by atoms with E-state index in [2.05, 4.69) is 4.18 Å². The Hall–Kier alpha value is -0.170. The van der Waals surface area contributed by atoms with Gasteiger partial charge in [0.2, 0.25) is 0 Å². The van der Waals surface area contributed by atoms with Crippen LogP contribution in [-0.2, 0) is 23.8 Å². The largest absolute Gasteiger partial charge is 0.345 e. The maximum Gasteiger partial charge on any atom is 0.269 e. The van der Waals surface area contributed by atoms with Crippen molar-refractivity contribution in [3.05, 3.63) is 0 Å². The van der Waals surface area contributed by atoms with Gasteiger partial charge in [0.1, 0.15) is 11.9 Å². The molecule has 1 rings (SSSR count). The molecule has 0 aromatic rings. The summed E-state index contributed by atoms with van der Waals surface area (Å²) in [5.74, 6) is -0.887. The van der Waals surface area contributed by atoms with E-state index in [1.807, 2.05) is 0 Å². The minimum atomic E-state index is -3.49. The van der Waals surface area contributed by atoms with Crippen molar-refractivity contribution in [1.82, 2.24) is 0 Å². The first kappa shape index (κ1) is 11.9. The van der Waals surface area contributed by atoms with Crippen LogP contribution in [0.3, 0.4) is 0 Å². The molecule has 0 radical (unpaired) electrons. The molecule has 14 heavy (non-hydrogen) atoms. The predicted octanol–water partition coefficient (Wildman–Crippen LogP) is 0.503. The second-order valence-electron chi connectivity index (χ2n) is 3.77. The van der Waals surface area contributed by atoms with E-state index < -0.39 is 22.0 Å². The van der Waals surface area contributed by atoms with Gasteiger partial charge in [-0.3, -0.25) is 4.18 Å². The molecule has 0 N–H and O–H groups in total. The fourth-order valence-electron chi connectivity index (χ4n) is 1.45. The van der Waals surface area contributed by atoms with Crippen molar-refractivity contribution in [2.24, 2.45) is 0 Å². The zero-order chi connectivity index (χ0) is 11.0. The first-order valence-corrected chi connectivity index (χ1v) is 5.97. The van der Waals surface area contributed by atoms with Crippen molar-refractivity contribution < 1.29 is 22.1 Å². The lowest BCUT2D eigenvalue weighted by molar-refractivity contribution is -0.143. The highest BCUT2D eigenvalue weighted by atomic mass is 32.2. The van der Waals surface area contributed by atoms with Crippen LogP contribution in [0.5, 0.6) is 0 Å². The predicted molar refractivity (Wildman–Crippen MR) is 50.3 cm³/mol. The third-order valence-corrected chi connectivity index (χ3v) is 3.30. The highest BCUT2D eigenvalue weighted by Crippen LogP contribution is 2.28. The quantitative estimate of drug-likeness (QED) is 0.653. The summed E-state index contributed by atoms with van der Waals surface area (Å²) in [4.78, 5) is 0. The van der Waals surface area contributed by atoms with Gasteiger partial charge in [0.05, 0.1) is 13.2 Å². The van der Waals surface area contributed by atoms with Crippen LogP contribution in [0.25, 0.3) is 0 Å². The van der Waals surface area contributed by atoms with Gasteiger partial charge < -0.3 is 9.47 Å². The first-order chi connectivity index (χ1) is 6.26. The average Bonchev–Trinajstić information content (AvgIpc) is 2.24. The summed E-state index contributed by atoms with van der Waals surface area (Å²) in [6, 6.07) is 0. The highest BCUT2D eigenvalue weighted by Gasteiger charge is 2.40. The standard InChI is InChI=1S/C8H16O5S/c1-6-7(5-14(9,10)11-4)13-8(2,3)12-6/h6-7H,5H2,1-4H3/t6-,7+/m1/s1. The van der Waals surface area contributed by atoms with E-state index in [1.165, 1.54) is 0 Å². The van der Waals surface area contributed by atoms with Gasteiger partial charge in [0.25, 0.3) is 10.1 Å². The molecule has 6 heteroatoms. The molecule has 2 atom stereocenters. The Morgan fingerprint density at radius 1 is 1.36 bits per heavy atom. The van der Waals surface area contributed by atoms with Gasteiger partial charge in [-0.15, -0.1) is 0 Å². The Bertz CT molecular complexity index is 295. The molecule has 1 aliphatic heterocycles. The van der Waals surface area contributed by atoms with E-state index >= 15 is 0 Å². The van der Waals surface area contributed by atoms with Gasteiger partial charge in [-0.05, 0) is 20.8 Å². The van der Waals surface area contributed by atoms with Crippen molar-refractivity contribution in [3.63, 3.8) is 0 Å². The Balaban J connectivity index is 2.64. The van der Waals surface area contributed by atoms with E-state index in [1.54, 1.807) is 20.8 Å². The Kier molecular flexibility index (Phi) is 3.20. The molecule has 1 heterocycles. The molecule has 1 aliphatic rings. The zero-order valence-corrected chi connectivity index (χ0v) is 9.63. The van der Waals surface area contributed by atoms with E-state index in [9.17, 15) is 8.42 Å². The van der Waals surface area contributed by atoms with Crippen molar-refractivity contribution >= 4 is 10.1 Å². The summed E-state index contributed by atoms with van der Waals surface area (Å²) in [6.45, 7) is 5.29. The molecule has 0 unspecified atom stereocenters. The molecular weight excluding hydrogens is 208 g/mol. The van der Waals surface area contributed by atoms with Crippen LogP contribution < -0.4 is 0 Å². The van der Waals surface area contributed by atoms with Gasteiger partial charge >= 0.3 is 0 Å². The van der Waals surface area contributed by atoms with Crippen LogP contribution in [0, 0.1) is 0 Å². The smallest absolute Gasteiger partial charge is 0.269 e. The van der Waals surface area contributed by atoms with Crippen molar-refractivity contribution in [2.75, 3.05) is 12.9 Å². The van der Waals surface area contributed by atoms with Gasteiger partial charge in [-0.25, -0.2) is 0 Å². The second kappa shape index (κ2) is 3.77. The molecule has 0 bridgehead atoms. The zero-order valence-electron chi connectivity index (χ0n) is 8.81. The lowest BCUT2D eigenvalue weighted by Crippen LogP contribution is -2.29. The van der Waals surface area contributed by atoms with Gasteiger partial charge in [-0.1, -0.05) is 0 Å². The minimum absolute atomic E-state index is 0.173. The van der Waals surface area contributed by atoms with Crippen molar-refractivity contribution in [1.29, 1.82) is 0 Å². The van der Waals surface area contributed by atoms with E-state index in [-0.39, 0.29) is 11.9 Å². The molecular formula is C8H16O5S. The summed E-state index contributed by atoms with van der Waals surface area (Å²) in [7, 11) is -2.35. The number of hydrogen-bond acceptors (Lipinski definition) is 5. The first-order valence-electron chi connectivity index (χ1n) is 4.40. The molecule has 0 aromatic carbocycles. The van der Waals surface area contributed by atoms with E-state index in [0.717, 1.165) is 7.11 Å². The Morgan fingerprint density at radius 2 is 1.93 bits per heavy atom. The summed E-state index contributed by atoms with van der Waals surface area (Å²) in [6.07, 6.45) is -0.704. The van der Waals surface area contributed by atoms with Gasteiger partial charge in [-0.2, -0.15) is 8.42 Å². The van der Waals surface area contributed by atoms with E-state index in [0.29, 0.717) is 0 Å². The normalized spacial score (nSPS) is 32.0. The molecule has 5 nitrogen and oxygen atoms in total. The lowest BCUT2D eigenvalue weighted by atomic mass is 10.3. The Morgan fingerprint density at radius 3 is 2.29 bits per heavy atom. The van der Waals surface area contributed by atoms with Crippen LogP contribution in [0.1, 0.15) is 20.8 Å². The topological polar surface area (TPSA) is 61.8 Å². The summed E-state index contributed by atoms with van der Waals surface area (Å²) >= 11 is 0. The molecule has 0 aromatic heterocycles. The summed E-state index contributed by atoms with van der Waals surface area (Å²) in [5.41, 5.74) is 0. The molecule has 0 amide bonds. The minimum Gasteiger partial charge on any atom is -0.345 e. The molecule has 0 saturated carbocycles. The molecule has 0 spiro atoms. The van der Waals surface area contributed by atoms with Gasteiger partial charge in [0, 0.05) is 0 Å². The highest BCUT2D eigenvalue weighted by molar-refractivity contribution is 7.86. The number of hydrogen-bond donors (Lipinski definition) is 0. The van der Waals surface area contributed by atoms with Crippen molar-refractivity contribution in [2.45, 2.75) is 38.8 Å². The van der Waals surface area contributed by atoms with Crippen LogP contribution in [-0.4, -0.2) is 39.3 Å². The molecule has 84 valence electrons. The van der Waals surface area contributed by atoms with Crippen LogP contribution in [0.2, 0.25) is 0 Å². The average molecular weight is 224 g/mol. The fraction of sp³-hybridized carbons (Fsp3) is 1.00. The van der Waals surface area contributed by atoms with Gasteiger partial charge in [0.15, 0.2) is 5.79 Å². The third-order valence-electron chi connectivity index (χ3n) is 2.05. The molecule has 1 saturated heterocycles. The van der Waals surface area contributed by atoms with Crippen LogP contribution >= 0.6 is 0 Å². The van der Waals surface area contributed by atoms with Crippen LogP contribution in [0.15, 0.2) is 0 Å². The molecule has 0 aliphatic carbocycles. The fourth-order valence-corrected chi connectivity index (χ4v) is 2.33. The SMILES string of the molecule is COS(=O)(=O)C[C@@H]1OC(C)(C)O[C@@H]1C. The lowest BCUT2D eigenvalue weighted by Gasteiger charge is -2.16. The summed E-state index contributed by atoms with van der Waals surface area (Å²) < 4.78 is 37.5. The second-order valence-corrected chi connectivity index (χ2v) is 5.55. The maximum absolute atomic E-state index is 11.2. The number of ether oxygens (including phenoxy) is 2.